The summed E-state index contributed by atoms with van der Waals surface area (Å²) in [4.78, 5) is 24.5. The van der Waals surface area contributed by atoms with Crippen LogP contribution in [0.3, 0.4) is 0 Å². The Morgan fingerprint density at radius 1 is 0.962 bits per heavy atom. The van der Waals surface area contributed by atoms with Crippen LogP contribution in [0.2, 0.25) is 0 Å². The number of rotatable bonds is 1. The summed E-state index contributed by atoms with van der Waals surface area (Å²) < 4.78 is 11.2. The molecule has 0 unspecified atom stereocenters. The Morgan fingerprint density at radius 3 is 2.31 bits per heavy atom. The van der Waals surface area contributed by atoms with Crippen LogP contribution in [0.15, 0.2) is 0 Å². The molecule has 0 N–H and O–H groups in total. The molecule has 3 saturated carbocycles. The van der Waals surface area contributed by atoms with Crippen LogP contribution in [0.5, 0.6) is 0 Å². The van der Waals surface area contributed by atoms with E-state index in [1.165, 1.54) is 32.6 Å². The van der Waals surface area contributed by atoms with E-state index in [1.54, 1.807) is 0 Å². The lowest BCUT2D eigenvalue weighted by Crippen LogP contribution is -2.64. The van der Waals surface area contributed by atoms with E-state index in [0.29, 0.717) is 29.8 Å². The third-order valence-electron chi connectivity index (χ3n) is 9.06. The van der Waals surface area contributed by atoms with Gasteiger partial charge in [-0.05, 0) is 66.6 Å². The second-order valence-electron chi connectivity index (χ2n) is 10.7. The lowest BCUT2D eigenvalue weighted by atomic mass is 9.38. The fourth-order valence-corrected chi connectivity index (χ4v) is 8.10. The number of fused-ring (bicyclic) bond motifs is 5. The Morgan fingerprint density at radius 2 is 1.62 bits per heavy atom. The molecule has 4 nitrogen and oxygen atoms in total. The molecule has 0 radical (unpaired) electrons. The number of cyclic esters (lactones) is 1. The first-order valence-electron chi connectivity index (χ1n) is 10.4. The van der Waals surface area contributed by atoms with Crippen molar-refractivity contribution in [1.82, 2.24) is 0 Å². The van der Waals surface area contributed by atoms with Crippen LogP contribution in [0, 0.1) is 34.0 Å². The number of carbonyl (C=O) groups is 2. The summed E-state index contributed by atoms with van der Waals surface area (Å²) in [6.45, 7) is 11.6. The Bertz CT molecular complexity index is 640. The van der Waals surface area contributed by atoms with E-state index >= 15 is 0 Å². The van der Waals surface area contributed by atoms with E-state index in [9.17, 15) is 9.59 Å². The molecule has 1 saturated heterocycles. The summed E-state index contributed by atoms with van der Waals surface area (Å²) in [7, 11) is 0. The molecule has 4 aliphatic rings. The van der Waals surface area contributed by atoms with E-state index in [4.69, 9.17) is 9.47 Å². The fraction of sp³-hybridized carbons (Fsp3) is 0.909. The smallest absolute Gasteiger partial charge is 0.351 e. The highest BCUT2D eigenvalue weighted by atomic mass is 16.6. The maximum Gasteiger partial charge on any atom is 0.351 e. The maximum absolute atomic E-state index is 12.6. The maximum atomic E-state index is 12.6. The SMILES string of the molecule is CC(=O)O[C@]12CC[C@@H]3[C@@]4(C)CCCC(C)(C)[C@@H]4CC[C@@]3(C)[C@@H]1COC2=O. The first-order chi connectivity index (χ1) is 12.1. The minimum Gasteiger partial charge on any atom is -0.462 e. The number of hydrogen-bond acceptors (Lipinski definition) is 4. The zero-order valence-corrected chi connectivity index (χ0v) is 17.0. The minimum absolute atomic E-state index is 0.00146. The monoisotopic (exact) mass is 362 g/mol. The zero-order chi connectivity index (χ0) is 19.0. The van der Waals surface area contributed by atoms with Gasteiger partial charge in [-0.15, -0.1) is 0 Å². The predicted octanol–water partition coefficient (Wildman–Crippen LogP) is 4.50. The molecule has 4 heteroatoms. The second-order valence-corrected chi connectivity index (χ2v) is 10.7. The van der Waals surface area contributed by atoms with E-state index < -0.39 is 5.60 Å². The zero-order valence-electron chi connectivity index (χ0n) is 17.0. The van der Waals surface area contributed by atoms with Gasteiger partial charge >= 0.3 is 11.9 Å². The molecule has 1 heterocycles. The van der Waals surface area contributed by atoms with Gasteiger partial charge in [-0.2, -0.15) is 0 Å². The average molecular weight is 363 g/mol. The molecule has 6 atom stereocenters. The number of carbonyl (C=O) groups excluding carboxylic acids is 2. The lowest BCUT2D eigenvalue weighted by molar-refractivity contribution is -0.214. The highest BCUT2D eigenvalue weighted by Crippen LogP contribution is 2.70. The summed E-state index contributed by atoms with van der Waals surface area (Å²) in [6, 6.07) is 0. The van der Waals surface area contributed by atoms with Gasteiger partial charge in [-0.1, -0.05) is 34.1 Å². The molecule has 3 aliphatic carbocycles. The van der Waals surface area contributed by atoms with Gasteiger partial charge in [0.25, 0.3) is 0 Å². The Kier molecular flexibility index (Phi) is 3.86. The van der Waals surface area contributed by atoms with Crippen molar-refractivity contribution in [3.63, 3.8) is 0 Å². The molecular formula is C22H34O4. The van der Waals surface area contributed by atoms with Gasteiger partial charge in [-0.3, -0.25) is 4.79 Å². The van der Waals surface area contributed by atoms with Gasteiger partial charge in [-0.25, -0.2) is 4.79 Å². The summed E-state index contributed by atoms with van der Waals surface area (Å²) in [6.07, 6.45) is 7.78. The highest BCUT2D eigenvalue weighted by Gasteiger charge is 2.70. The van der Waals surface area contributed by atoms with Crippen molar-refractivity contribution in [1.29, 1.82) is 0 Å². The van der Waals surface area contributed by atoms with Crippen LogP contribution in [0.1, 0.15) is 79.6 Å². The molecule has 146 valence electrons. The van der Waals surface area contributed by atoms with Gasteiger partial charge < -0.3 is 9.47 Å². The van der Waals surface area contributed by atoms with Gasteiger partial charge in [0.15, 0.2) is 0 Å². The molecule has 0 bridgehead atoms. The second kappa shape index (κ2) is 5.48. The summed E-state index contributed by atoms with van der Waals surface area (Å²) in [5, 5.41) is 0. The van der Waals surface area contributed by atoms with Crippen molar-refractivity contribution >= 4 is 11.9 Å². The Labute approximate surface area is 157 Å². The molecular weight excluding hydrogens is 328 g/mol. The quantitative estimate of drug-likeness (QED) is 0.644. The third-order valence-corrected chi connectivity index (χ3v) is 9.06. The summed E-state index contributed by atoms with van der Waals surface area (Å²) in [5.41, 5.74) is -0.341. The number of hydrogen-bond donors (Lipinski definition) is 0. The predicted molar refractivity (Wildman–Crippen MR) is 98.2 cm³/mol. The van der Waals surface area contributed by atoms with E-state index in [1.807, 2.05) is 0 Å². The van der Waals surface area contributed by atoms with Crippen molar-refractivity contribution in [2.75, 3.05) is 6.61 Å². The molecule has 0 aromatic carbocycles. The van der Waals surface area contributed by atoms with Crippen LogP contribution < -0.4 is 0 Å². The van der Waals surface area contributed by atoms with Gasteiger partial charge in [0.1, 0.15) is 0 Å². The molecule has 4 fully saturated rings. The van der Waals surface area contributed by atoms with Gasteiger partial charge in [0, 0.05) is 12.8 Å². The Hall–Kier alpha value is -1.06. The molecule has 26 heavy (non-hydrogen) atoms. The van der Waals surface area contributed by atoms with Crippen molar-refractivity contribution in [2.24, 2.45) is 34.0 Å². The first kappa shape index (κ1) is 18.3. The Balaban J connectivity index is 1.74. The molecule has 1 aliphatic heterocycles. The van der Waals surface area contributed by atoms with E-state index in [-0.39, 0.29) is 23.3 Å². The van der Waals surface area contributed by atoms with Crippen molar-refractivity contribution in [3.8, 4) is 0 Å². The molecule has 0 aromatic heterocycles. The molecule has 0 amide bonds. The normalized spacial score (nSPS) is 49.4. The van der Waals surface area contributed by atoms with E-state index in [2.05, 4.69) is 27.7 Å². The van der Waals surface area contributed by atoms with Gasteiger partial charge in [0.2, 0.25) is 5.60 Å². The van der Waals surface area contributed by atoms with E-state index in [0.717, 1.165) is 18.8 Å². The molecule has 4 rings (SSSR count). The van der Waals surface area contributed by atoms with Crippen molar-refractivity contribution in [2.45, 2.75) is 85.2 Å². The minimum atomic E-state index is -1.04. The average Bonchev–Trinajstić information content (AvgIpc) is 2.83. The third kappa shape index (κ3) is 2.19. The standard InChI is InChI=1S/C22H34O4/c1-14(23)26-22-12-8-16-20(4)10-6-9-19(2,3)15(20)7-11-21(16,5)17(22)13-25-18(22)24/h15-17H,6-13H2,1-5H3/t15-,16+,17-,20-,21+,22+/m0/s1. The van der Waals surface area contributed by atoms with Crippen molar-refractivity contribution in [3.05, 3.63) is 0 Å². The number of ether oxygens (including phenoxy) is 2. The van der Waals surface area contributed by atoms with Crippen LogP contribution in [-0.4, -0.2) is 24.1 Å². The van der Waals surface area contributed by atoms with Crippen LogP contribution >= 0.6 is 0 Å². The fourth-order valence-electron chi connectivity index (χ4n) is 8.10. The molecule has 0 aromatic rings. The summed E-state index contributed by atoms with van der Waals surface area (Å²) in [5.74, 6) is 0.619. The number of esters is 2. The van der Waals surface area contributed by atoms with Crippen molar-refractivity contribution < 1.29 is 19.1 Å². The van der Waals surface area contributed by atoms with Crippen LogP contribution in [0.25, 0.3) is 0 Å². The molecule has 0 spiro atoms. The summed E-state index contributed by atoms with van der Waals surface area (Å²) >= 11 is 0. The van der Waals surface area contributed by atoms with Gasteiger partial charge in [0.05, 0.1) is 6.61 Å². The highest BCUT2D eigenvalue weighted by molar-refractivity contribution is 5.85. The largest absolute Gasteiger partial charge is 0.462 e. The lowest BCUT2D eigenvalue weighted by Gasteiger charge is -2.66. The first-order valence-corrected chi connectivity index (χ1v) is 10.4. The van der Waals surface area contributed by atoms with Crippen LogP contribution in [0.4, 0.5) is 0 Å². The topological polar surface area (TPSA) is 52.6 Å². The van der Waals surface area contributed by atoms with Crippen LogP contribution in [-0.2, 0) is 19.1 Å².